The van der Waals surface area contributed by atoms with Crippen LogP contribution in [0, 0.1) is 0 Å². The van der Waals surface area contributed by atoms with Gasteiger partial charge in [0.15, 0.2) is 11.5 Å². The van der Waals surface area contributed by atoms with E-state index in [9.17, 15) is 4.79 Å². The molecule has 0 atom stereocenters. The Morgan fingerprint density at radius 1 is 1.14 bits per heavy atom. The molecule has 5 nitrogen and oxygen atoms in total. The fraction of sp³-hybridized carbons (Fsp3) is 0.348. The van der Waals surface area contributed by atoms with Gasteiger partial charge in [0.05, 0.1) is 19.2 Å². The zero-order valence-electron chi connectivity index (χ0n) is 16.9. The van der Waals surface area contributed by atoms with Gasteiger partial charge in [-0.3, -0.25) is 9.69 Å². The molecule has 0 radical (unpaired) electrons. The van der Waals surface area contributed by atoms with E-state index in [2.05, 4.69) is 28.4 Å². The Kier molecular flexibility index (Phi) is 7.55. The zero-order valence-corrected chi connectivity index (χ0v) is 17.7. The Morgan fingerprint density at radius 2 is 1.86 bits per heavy atom. The van der Waals surface area contributed by atoms with Crippen LogP contribution in [0.1, 0.15) is 29.5 Å². The molecular formula is C23H27ClN2O3. The molecule has 3 rings (SSSR count). The number of rotatable bonds is 8. The number of nitrogens with zero attached hydrogens (tertiary/aromatic N) is 1. The predicted molar refractivity (Wildman–Crippen MR) is 116 cm³/mol. The van der Waals surface area contributed by atoms with E-state index in [0.29, 0.717) is 23.1 Å². The van der Waals surface area contributed by atoms with E-state index >= 15 is 0 Å². The Morgan fingerprint density at radius 3 is 2.55 bits per heavy atom. The second-order valence-corrected chi connectivity index (χ2v) is 7.45. The topological polar surface area (TPSA) is 50.8 Å². The van der Waals surface area contributed by atoms with Gasteiger partial charge in [0.1, 0.15) is 0 Å². The smallest absolute Gasteiger partial charge is 0.244 e. The Balaban J connectivity index is 1.61. The molecule has 0 aromatic heterocycles. The summed E-state index contributed by atoms with van der Waals surface area (Å²) in [5.41, 5.74) is 3.18. The van der Waals surface area contributed by atoms with E-state index in [4.69, 9.17) is 21.1 Å². The number of nitrogens with one attached hydrogen (secondary N) is 1. The van der Waals surface area contributed by atoms with Gasteiger partial charge in [0.25, 0.3) is 0 Å². The Bertz CT molecular complexity index is 876. The van der Waals surface area contributed by atoms with Crippen LogP contribution in [0.15, 0.2) is 42.5 Å². The molecule has 1 N–H and O–H groups in total. The summed E-state index contributed by atoms with van der Waals surface area (Å²) in [5.74, 6) is 0.841. The van der Waals surface area contributed by atoms with Crippen LogP contribution in [-0.4, -0.2) is 38.1 Å². The first-order chi connectivity index (χ1) is 14.1. The van der Waals surface area contributed by atoms with Crippen molar-refractivity contribution in [1.29, 1.82) is 0 Å². The SMILES string of the molecule is COc1cc(/C=C/C(=O)NCc2ccccc2CN2CCCC2)cc(Cl)c1OC. The van der Waals surface area contributed by atoms with Crippen molar-refractivity contribution in [2.75, 3.05) is 27.3 Å². The zero-order chi connectivity index (χ0) is 20.6. The lowest BCUT2D eigenvalue weighted by Crippen LogP contribution is -2.23. The molecule has 154 valence electrons. The molecule has 0 saturated carbocycles. The van der Waals surface area contributed by atoms with Gasteiger partial charge < -0.3 is 14.8 Å². The van der Waals surface area contributed by atoms with Crippen molar-refractivity contribution < 1.29 is 14.3 Å². The number of ether oxygens (including phenoxy) is 2. The predicted octanol–water partition coefficient (Wildman–Crippen LogP) is 4.28. The van der Waals surface area contributed by atoms with Crippen molar-refractivity contribution in [2.24, 2.45) is 0 Å². The molecule has 1 aliphatic heterocycles. The number of hydrogen-bond donors (Lipinski definition) is 1. The van der Waals surface area contributed by atoms with Crippen molar-refractivity contribution in [3.05, 3.63) is 64.2 Å². The number of likely N-dealkylation sites (tertiary alicyclic amines) is 1. The minimum absolute atomic E-state index is 0.160. The maximum Gasteiger partial charge on any atom is 0.244 e. The molecular weight excluding hydrogens is 388 g/mol. The third kappa shape index (κ3) is 5.75. The molecule has 0 unspecified atom stereocenters. The van der Waals surface area contributed by atoms with Crippen LogP contribution in [0.25, 0.3) is 6.08 Å². The number of methoxy groups -OCH3 is 2. The summed E-state index contributed by atoms with van der Waals surface area (Å²) in [6.07, 6.45) is 5.74. The normalized spacial score (nSPS) is 14.3. The van der Waals surface area contributed by atoms with Crippen LogP contribution in [-0.2, 0) is 17.9 Å². The van der Waals surface area contributed by atoms with E-state index in [1.165, 1.54) is 31.6 Å². The van der Waals surface area contributed by atoms with Crippen molar-refractivity contribution in [2.45, 2.75) is 25.9 Å². The van der Waals surface area contributed by atoms with Gasteiger partial charge in [0, 0.05) is 19.2 Å². The highest BCUT2D eigenvalue weighted by atomic mass is 35.5. The van der Waals surface area contributed by atoms with Crippen LogP contribution >= 0.6 is 11.6 Å². The Hall–Kier alpha value is -2.50. The number of hydrogen-bond acceptors (Lipinski definition) is 4. The fourth-order valence-corrected chi connectivity index (χ4v) is 3.81. The van der Waals surface area contributed by atoms with Gasteiger partial charge in [0.2, 0.25) is 5.91 Å². The third-order valence-electron chi connectivity index (χ3n) is 5.05. The van der Waals surface area contributed by atoms with Gasteiger partial charge in [-0.2, -0.15) is 0 Å². The lowest BCUT2D eigenvalue weighted by molar-refractivity contribution is -0.116. The maximum absolute atomic E-state index is 12.3. The number of carbonyl (C=O) groups excluding carboxylic acids is 1. The summed E-state index contributed by atoms with van der Waals surface area (Å²) in [5, 5.41) is 3.40. The van der Waals surface area contributed by atoms with E-state index in [-0.39, 0.29) is 5.91 Å². The summed E-state index contributed by atoms with van der Waals surface area (Å²) >= 11 is 6.21. The standard InChI is InChI=1S/C23H27ClN2O3/c1-28-21-14-17(13-20(24)23(21)29-2)9-10-22(27)25-15-18-7-3-4-8-19(18)16-26-11-5-6-12-26/h3-4,7-10,13-14H,5-6,11-12,15-16H2,1-2H3,(H,25,27)/b10-9+. The van der Waals surface area contributed by atoms with Crippen LogP contribution in [0.5, 0.6) is 11.5 Å². The lowest BCUT2D eigenvalue weighted by Gasteiger charge is -2.17. The molecule has 6 heteroatoms. The summed E-state index contributed by atoms with van der Waals surface area (Å²) in [4.78, 5) is 14.8. The highest BCUT2D eigenvalue weighted by Crippen LogP contribution is 2.36. The van der Waals surface area contributed by atoms with Crippen molar-refractivity contribution in [1.82, 2.24) is 10.2 Å². The molecule has 0 aliphatic carbocycles. The number of amides is 1. The molecule has 29 heavy (non-hydrogen) atoms. The fourth-order valence-electron chi connectivity index (χ4n) is 3.51. The van der Waals surface area contributed by atoms with Gasteiger partial charge in [-0.1, -0.05) is 35.9 Å². The number of carbonyl (C=O) groups is 1. The van der Waals surface area contributed by atoms with E-state index in [1.54, 1.807) is 25.3 Å². The molecule has 0 spiro atoms. The first-order valence-electron chi connectivity index (χ1n) is 9.77. The first-order valence-corrected chi connectivity index (χ1v) is 10.1. The summed E-state index contributed by atoms with van der Waals surface area (Å²) in [6.45, 7) is 3.74. The molecule has 1 heterocycles. The molecule has 0 bridgehead atoms. The highest BCUT2D eigenvalue weighted by molar-refractivity contribution is 6.32. The molecule has 2 aromatic carbocycles. The van der Waals surface area contributed by atoms with Crippen LogP contribution in [0.2, 0.25) is 5.02 Å². The van der Waals surface area contributed by atoms with Gasteiger partial charge in [-0.15, -0.1) is 0 Å². The van der Waals surface area contributed by atoms with Gasteiger partial charge >= 0.3 is 0 Å². The van der Waals surface area contributed by atoms with E-state index in [0.717, 1.165) is 30.8 Å². The van der Waals surface area contributed by atoms with Crippen LogP contribution < -0.4 is 14.8 Å². The molecule has 1 saturated heterocycles. The summed E-state index contributed by atoms with van der Waals surface area (Å²) in [7, 11) is 3.09. The minimum Gasteiger partial charge on any atom is -0.493 e. The van der Waals surface area contributed by atoms with Crippen molar-refractivity contribution >= 4 is 23.6 Å². The number of benzene rings is 2. The van der Waals surface area contributed by atoms with Crippen molar-refractivity contribution in [3.8, 4) is 11.5 Å². The minimum atomic E-state index is -0.160. The molecule has 2 aromatic rings. The average molecular weight is 415 g/mol. The maximum atomic E-state index is 12.3. The second-order valence-electron chi connectivity index (χ2n) is 7.04. The summed E-state index contributed by atoms with van der Waals surface area (Å²) in [6, 6.07) is 11.8. The monoisotopic (exact) mass is 414 g/mol. The third-order valence-corrected chi connectivity index (χ3v) is 5.33. The van der Waals surface area contributed by atoms with Crippen LogP contribution in [0.4, 0.5) is 0 Å². The number of halogens is 1. The highest BCUT2D eigenvalue weighted by Gasteiger charge is 2.14. The second kappa shape index (κ2) is 10.3. The largest absolute Gasteiger partial charge is 0.493 e. The quantitative estimate of drug-likeness (QED) is 0.655. The van der Waals surface area contributed by atoms with E-state index in [1.807, 2.05) is 6.07 Å². The summed E-state index contributed by atoms with van der Waals surface area (Å²) < 4.78 is 10.5. The molecule has 1 fully saturated rings. The van der Waals surface area contributed by atoms with Gasteiger partial charge in [-0.25, -0.2) is 0 Å². The lowest BCUT2D eigenvalue weighted by atomic mass is 10.1. The van der Waals surface area contributed by atoms with Gasteiger partial charge in [-0.05, 0) is 60.8 Å². The van der Waals surface area contributed by atoms with Crippen LogP contribution in [0.3, 0.4) is 0 Å². The van der Waals surface area contributed by atoms with Crippen molar-refractivity contribution in [3.63, 3.8) is 0 Å². The molecule has 1 aliphatic rings. The molecule has 1 amide bonds. The van der Waals surface area contributed by atoms with E-state index < -0.39 is 0 Å². The first kappa shape index (κ1) is 21.2. The Labute approximate surface area is 177 Å². The average Bonchev–Trinajstić information content (AvgIpc) is 3.24.